The van der Waals surface area contributed by atoms with Gasteiger partial charge < -0.3 is 5.32 Å². The quantitative estimate of drug-likeness (QED) is 0.804. The van der Waals surface area contributed by atoms with Crippen LogP contribution in [0.15, 0.2) is 18.2 Å². The van der Waals surface area contributed by atoms with Crippen molar-refractivity contribution in [3.8, 4) is 0 Å². The fourth-order valence-corrected chi connectivity index (χ4v) is 2.41. The molecule has 0 bridgehead atoms. The number of hydrogen-bond donors (Lipinski definition) is 1. The van der Waals surface area contributed by atoms with E-state index in [1.165, 1.54) is 0 Å². The summed E-state index contributed by atoms with van der Waals surface area (Å²) < 4.78 is 0. The van der Waals surface area contributed by atoms with Crippen LogP contribution in [0.2, 0.25) is 0 Å². The van der Waals surface area contributed by atoms with E-state index in [0.717, 1.165) is 30.2 Å². The van der Waals surface area contributed by atoms with Gasteiger partial charge >= 0.3 is 0 Å². The summed E-state index contributed by atoms with van der Waals surface area (Å²) in [6, 6.07) is 6.83. The minimum Gasteiger partial charge on any atom is -0.314 e. The molecule has 1 unspecified atom stereocenters. The number of thioether (sulfide) groups is 1. The predicted octanol–water partition coefficient (Wildman–Crippen LogP) is 1.98. The smallest absolute Gasteiger partial charge is 0.0547 e. The molecule has 4 heteroatoms. The summed E-state index contributed by atoms with van der Waals surface area (Å²) in [5, 5.41) is 3.13. The summed E-state index contributed by atoms with van der Waals surface area (Å²) >= 11 is 1.89. The van der Waals surface area contributed by atoms with Gasteiger partial charge in [-0.15, -0.1) is 0 Å². The molecule has 1 aromatic rings. The van der Waals surface area contributed by atoms with E-state index in [0.29, 0.717) is 6.04 Å². The molecule has 0 saturated heterocycles. The third-order valence-corrected chi connectivity index (χ3v) is 3.61. The van der Waals surface area contributed by atoms with E-state index < -0.39 is 0 Å². The fourth-order valence-electron chi connectivity index (χ4n) is 1.68. The van der Waals surface area contributed by atoms with Crippen molar-refractivity contribution in [1.29, 1.82) is 0 Å². The third-order valence-electron chi connectivity index (χ3n) is 2.79. The molecule has 1 N–H and O–H groups in total. The van der Waals surface area contributed by atoms with Gasteiger partial charge in [0.05, 0.1) is 11.4 Å². The van der Waals surface area contributed by atoms with E-state index in [-0.39, 0.29) is 0 Å². The zero-order valence-corrected chi connectivity index (χ0v) is 12.0. The van der Waals surface area contributed by atoms with E-state index in [2.05, 4.69) is 53.6 Å². The van der Waals surface area contributed by atoms with E-state index in [1.54, 1.807) is 0 Å². The van der Waals surface area contributed by atoms with Crippen LogP contribution < -0.4 is 5.32 Å². The van der Waals surface area contributed by atoms with Gasteiger partial charge in [0.2, 0.25) is 0 Å². The molecular formula is C13H23N3S. The molecule has 0 aromatic carbocycles. The number of rotatable bonds is 7. The maximum Gasteiger partial charge on any atom is 0.0547 e. The Hall–Kier alpha value is -0.580. The van der Waals surface area contributed by atoms with Crippen molar-refractivity contribution in [2.24, 2.45) is 0 Å². The standard InChI is InChI=1S/C13H23N3S/c1-11(10-17-4)16(3)9-13-7-5-6-12(15-13)8-14-2/h5-7,11,14H,8-10H2,1-4H3. The maximum absolute atomic E-state index is 4.63. The molecule has 0 aliphatic rings. The SMILES string of the molecule is CNCc1cccc(CN(C)C(C)CSC)n1. The van der Waals surface area contributed by atoms with Gasteiger partial charge in [-0.2, -0.15) is 11.8 Å². The van der Waals surface area contributed by atoms with E-state index in [9.17, 15) is 0 Å². The lowest BCUT2D eigenvalue weighted by Gasteiger charge is -2.23. The van der Waals surface area contributed by atoms with Gasteiger partial charge in [0.1, 0.15) is 0 Å². The second kappa shape index (κ2) is 7.69. The first-order chi connectivity index (χ1) is 8.17. The van der Waals surface area contributed by atoms with Gasteiger partial charge in [-0.1, -0.05) is 6.07 Å². The van der Waals surface area contributed by atoms with E-state index in [4.69, 9.17) is 0 Å². The van der Waals surface area contributed by atoms with Crippen molar-refractivity contribution in [3.63, 3.8) is 0 Å². The Labute approximate surface area is 109 Å². The molecule has 3 nitrogen and oxygen atoms in total. The average molecular weight is 253 g/mol. The average Bonchev–Trinajstić information content (AvgIpc) is 2.30. The molecule has 1 atom stereocenters. The van der Waals surface area contributed by atoms with Crippen LogP contribution in [-0.2, 0) is 13.1 Å². The summed E-state index contributed by atoms with van der Waals surface area (Å²) in [5.74, 6) is 1.16. The highest BCUT2D eigenvalue weighted by Crippen LogP contribution is 2.08. The summed E-state index contributed by atoms with van der Waals surface area (Å²) in [4.78, 5) is 6.98. The molecular weight excluding hydrogens is 230 g/mol. The van der Waals surface area contributed by atoms with Crippen LogP contribution in [0, 0.1) is 0 Å². The normalized spacial score (nSPS) is 13.0. The molecule has 17 heavy (non-hydrogen) atoms. The second-order valence-corrected chi connectivity index (χ2v) is 5.28. The van der Waals surface area contributed by atoms with Gasteiger partial charge in [-0.25, -0.2) is 0 Å². The Morgan fingerprint density at radius 3 is 2.76 bits per heavy atom. The molecule has 0 aliphatic carbocycles. The van der Waals surface area contributed by atoms with Crippen LogP contribution >= 0.6 is 11.8 Å². The molecule has 0 aliphatic heterocycles. The van der Waals surface area contributed by atoms with Gasteiger partial charge in [-0.3, -0.25) is 9.88 Å². The Balaban J connectivity index is 2.58. The van der Waals surface area contributed by atoms with Crippen LogP contribution in [0.3, 0.4) is 0 Å². The van der Waals surface area contributed by atoms with Gasteiger partial charge in [0.15, 0.2) is 0 Å². The molecule has 1 aromatic heterocycles. The fraction of sp³-hybridized carbons (Fsp3) is 0.615. The molecule has 0 radical (unpaired) electrons. The summed E-state index contributed by atoms with van der Waals surface area (Å²) in [6.07, 6.45) is 2.15. The lowest BCUT2D eigenvalue weighted by molar-refractivity contribution is 0.266. The summed E-state index contributed by atoms with van der Waals surface area (Å²) in [6.45, 7) is 4.01. The Morgan fingerprint density at radius 1 is 1.41 bits per heavy atom. The number of pyridine rings is 1. The zero-order chi connectivity index (χ0) is 12.7. The van der Waals surface area contributed by atoms with Crippen LogP contribution in [-0.4, -0.2) is 42.0 Å². The number of hydrogen-bond acceptors (Lipinski definition) is 4. The Bertz CT molecular complexity index is 330. The van der Waals surface area contributed by atoms with Crippen molar-refractivity contribution in [2.45, 2.75) is 26.1 Å². The minimum atomic E-state index is 0.583. The summed E-state index contributed by atoms with van der Waals surface area (Å²) in [5.41, 5.74) is 2.25. The lowest BCUT2D eigenvalue weighted by Crippen LogP contribution is -2.30. The maximum atomic E-state index is 4.63. The van der Waals surface area contributed by atoms with E-state index in [1.807, 2.05) is 18.8 Å². The molecule has 1 rings (SSSR count). The second-order valence-electron chi connectivity index (χ2n) is 4.37. The number of nitrogens with one attached hydrogen (secondary N) is 1. The monoisotopic (exact) mass is 253 g/mol. The van der Waals surface area contributed by atoms with Gasteiger partial charge in [0.25, 0.3) is 0 Å². The van der Waals surface area contributed by atoms with Crippen molar-refractivity contribution in [1.82, 2.24) is 15.2 Å². The van der Waals surface area contributed by atoms with Crippen LogP contribution in [0.5, 0.6) is 0 Å². The van der Waals surface area contributed by atoms with Crippen LogP contribution in [0.25, 0.3) is 0 Å². The molecule has 0 fully saturated rings. The van der Waals surface area contributed by atoms with Crippen molar-refractivity contribution in [3.05, 3.63) is 29.6 Å². The molecule has 0 saturated carbocycles. The minimum absolute atomic E-state index is 0.583. The van der Waals surface area contributed by atoms with Crippen LogP contribution in [0.4, 0.5) is 0 Å². The molecule has 0 spiro atoms. The predicted molar refractivity (Wildman–Crippen MR) is 76.3 cm³/mol. The van der Waals surface area contributed by atoms with Gasteiger partial charge in [0, 0.05) is 24.9 Å². The first-order valence-electron chi connectivity index (χ1n) is 5.96. The van der Waals surface area contributed by atoms with Crippen molar-refractivity contribution in [2.75, 3.05) is 26.1 Å². The molecule has 0 amide bonds. The first kappa shape index (κ1) is 14.5. The number of nitrogens with zero attached hydrogens (tertiary/aromatic N) is 2. The zero-order valence-electron chi connectivity index (χ0n) is 11.2. The topological polar surface area (TPSA) is 28.2 Å². The van der Waals surface area contributed by atoms with E-state index >= 15 is 0 Å². The highest BCUT2D eigenvalue weighted by atomic mass is 32.2. The van der Waals surface area contributed by atoms with Crippen molar-refractivity contribution < 1.29 is 0 Å². The van der Waals surface area contributed by atoms with Crippen LogP contribution in [0.1, 0.15) is 18.3 Å². The molecule has 96 valence electrons. The Kier molecular flexibility index (Phi) is 6.55. The lowest BCUT2D eigenvalue weighted by atomic mass is 10.2. The Morgan fingerprint density at radius 2 is 2.12 bits per heavy atom. The first-order valence-corrected chi connectivity index (χ1v) is 7.35. The summed E-state index contributed by atoms with van der Waals surface area (Å²) in [7, 11) is 4.11. The van der Waals surface area contributed by atoms with Gasteiger partial charge in [-0.05, 0) is 39.4 Å². The largest absolute Gasteiger partial charge is 0.314 e. The number of aromatic nitrogens is 1. The van der Waals surface area contributed by atoms with Crippen molar-refractivity contribution >= 4 is 11.8 Å². The third kappa shape index (κ3) is 5.06. The highest BCUT2D eigenvalue weighted by Gasteiger charge is 2.09. The molecule has 1 heterocycles. The highest BCUT2D eigenvalue weighted by molar-refractivity contribution is 7.98.